The van der Waals surface area contributed by atoms with Crippen LogP contribution in [0.5, 0.6) is 0 Å². The molecule has 4 heteroatoms. The number of aliphatic hydroxyl groups excluding tert-OH is 1. The zero-order valence-corrected chi connectivity index (χ0v) is 12.0. The summed E-state index contributed by atoms with van der Waals surface area (Å²) >= 11 is 0. The predicted molar refractivity (Wildman–Crippen MR) is 75.6 cm³/mol. The van der Waals surface area contributed by atoms with Crippen molar-refractivity contribution in [2.75, 3.05) is 26.2 Å². The third-order valence-corrected chi connectivity index (χ3v) is 4.02. The highest BCUT2D eigenvalue weighted by Gasteiger charge is 2.31. The fourth-order valence-corrected chi connectivity index (χ4v) is 2.82. The Morgan fingerprint density at radius 1 is 1.42 bits per heavy atom. The highest BCUT2D eigenvalue weighted by molar-refractivity contribution is 5.80. The van der Waals surface area contributed by atoms with Crippen molar-refractivity contribution in [3.63, 3.8) is 0 Å². The van der Waals surface area contributed by atoms with Gasteiger partial charge in [0.15, 0.2) is 0 Å². The van der Waals surface area contributed by atoms with Crippen molar-refractivity contribution >= 4 is 5.91 Å². The molecule has 1 N–H and O–H groups in total. The van der Waals surface area contributed by atoms with Crippen LogP contribution in [0.2, 0.25) is 0 Å². The van der Waals surface area contributed by atoms with Crippen LogP contribution in [0.1, 0.15) is 45.4 Å². The van der Waals surface area contributed by atoms with Gasteiger partial charge < -0.3 is 10.0 Å². The maximum absolute atomic E-state index is 12.5. The van der Waals surface area contributed by atoms with Gasteiger partial charge in [-0.25, -0.2) is 0 Å². The second-order valence-corrected chi connectivity index (χ2v) is 5.50. The lowest BCUT2D eigenvalue weighted by molar-refractivity contribution is -0.130. The van der Waals surface area contributed by atoms with Gasteiger partial charge in [0.1, 0.15) is 0 Å². The number of likely N-dealkylation sites (N-methyl/N-ethyl adjacent to an activating group) is 1. The maximum atomic E-state index is 12.5. The van der Waals surface area contributed by atoms with Crippen LogP contribution in [0.25, 0.3) is 0 Å². The fraction of sp³-hybridized carbons (Fsp3) is 0.800. The van der Waals surface area contributed by atoms with Gasteiger partial charge in [0.25, 0.3) is 0 Å². The molecule has 0 aromatic heterocycles. The molecule has 0 aromatic rings. The summed E-state index contributed by atoms with van der Waals surface area (Å²) in [6.45, 7) is 4.01. The summed E-state index contributed by atoms with van der Waals surface area (Å²) in [5, 5.41) is 9.09. The zero-order valence-electron chi connectivity index (χ0n) is 12.0. The largest absolute Gasteiger partial charge is 0.395 e. The van der Waals surface area contributed by atoms with Crippen molar-refractivity contribution in [2.24, 2.45) is 0 Å². The lowest BCUT2D eigenvalue weighted by atomic mass is 10.0. The van der Waals surface area contributed by atoms with Gasteiger partial charge in [-0.2, -0.15) is 0 Å². The molecule has 1 fully saturated rings. The first-order valence-electron chi connectivity index (χ1n) is 7.60. The van der Waals surface area contributed by atoms with Gasteiger partial charge in [-0.1, -0.05) is 6.08 Å². The molecule has 0 unspecified atom stereocenters. The monoisotopic (exact) mass is 266 g/mol. The van der Waals surface area contributed by atoms with E-state index in [1.807, 2.05) is 11.8 Å². The highest BCUT2D eigenvalue weighted by atomic mass is 16.3. The third kappa shape index (κ3) is 4.05. The Balaban J connectivity index is 1.93. The summed E-state index contributed by atoms with van der Waals surface area (Å²) in [5.74, 6) is 0.191. The minimum Gasteiger partial charge on any atom is -0.395 e. The molecule has 1 saturated carbocycles. The van der Waals surface area contributed by atoms with Gasteiger partial charge >= 0.3 is 0 Å². The Hall–Kier alpha value is -0.870. The molecule has 2 aliphatic carbocycles. The van der Waals surface area contributed by atoms with Crippen molar-refractivity contribution < 1.29 is 9.90 Å². The molecule has 0 radical (unpaired) electrons. The summed E-state index contributed by atoms with van der Waals surface area (Å²) in [4.78, 5) is 16.5. The van der Waals surface area contributed by atoms with Crippen LogP contribution in [-0.2, 0) is 4.79 Å². The van der Waals surface area contributed by atoms with E-state index in [0.29, 0.717) is 19.1 Å². The van der Waals surface area contributed by atoms with Gasteiger partial charge in [-0.3, -0.25) is 9.69 Å². The smallest absolute Gasteiger partial charge is 0.240 e. The van der Waals surface area contributed by atoms with E-state index in [0.717, 1.165) is 19.4 Å². The van der Waals surface area contributed by atoms with Crippen molar-refractivity contribution in [1.29, 1.82) is 0 Å². The highest BCUT2D eigenvalue weighted by Crippen LogP contribution is 2.27. The van der Waals surface area contributed by atoms with Gasteiger partial charge in [-0.05, 0) is 45.4 Å². The van der Waals surface area contributed by atoms with E-state index in [1.165, 1.54) is 31.4 Å². The number of carbonyl (C=O) groups is 1. The number of hydrogen-bond donors (Lipinski definition) is 1. The van der Waals surface area contributed by atoms with E-state index in [-0.39, 0.29) is 12.5 Å². The Morgan fingerprint density at radius 3 is 2.74 bits per heavy atom. The molecule has 0 heterocycles. The molecule has 0 atom stereocenters. The number of hydrogen-bond acceptors (Lipinski definition) is 3. The minimum atomic E-state index is 0.138. The summed E-state index contributed by atoms with van der Waals surface area (Å²) in [6.07, 6.45) is 9.13. The van der Waals surface area contributed by atoms with Crippen molar-refractivity contribution in [2.45, 2.75) is 51.5 Å². The number of aliphatic hydroxyl groups is 1. The van der Waals surface area contributed by atoms with Crippen LogP contribution in [0.15, 0.2) is 11.8 Å². The molecule has 108 valence electrons. The first-order chi connectivity index (χ1) is 9.26. The second-order valence-electron chi connectivity index (χ2n) is 5.50. The van der Waals surface area contributed by atoms with E-state index in [2.05, 4.69) is 11.0 Å². The fourth-order valence-electron chi connectivity index (χ4n) is 2.82. The van der Waals surface area contributed by atoms with E-state index < -0.39 is 0 Å². The summed E-state index contributed by atoms with van der Waals surface area (Å²) in [5.41, 5.74) is 1.21. The van der Waals surface area contributed by atoms with Gasteiger partial charge in [0.2, 0.25) is 5.91 Å². The van der Waals surface area contributed by atoms with Gasteiger partial charge in [0, 0.05) is 24.8 Å². The van der Waals surface area contributed by atoms with Gasteiger partial charge in [0.05, 0.1) is 13.2 Å². The van der Waals surface area contributed by atoms with Crippen LogP contribution in [0.4, 0.5) is 0 Å². The standard InChI is InChI=1S/C15H26N2O2/c1-2-17(14-6-4-3-5-7-14)15(19)12-16(10-11-18)13-8-9-13/h6,13,18H,2-5,7-12H2,1H3. The quantitative estimate of drug-likeness (QED) is 0.763. The molecule has 2 rings (SSSR count). The molecule has 1 amide bonds. The lowest BCUT2D eigenvalue weighted by Gasteiger charge is -2.29. The SMILES string of the molecule is CCN(C(=O)CN(CCO)C1CC1)C1=CCCCC1. The topological polar surface area (TPSA) is 43.8 Å². The molecule has 0 aromatic carbocycles. The average Bonchev–Trinajstić information content (AvgIpc) is 3.25. The van der Waals surface area contributed by atoms with Crippen LogP contribution >= 0.6 is 0 Å². The molecular formula is C15H26N2O2. The van der Waals surface area contributed by atoms with Crippen LogP contribution < -0.4 is 0 Å². The number of rotatable bonds is 7. The van der Waals surface area contributed by atoms with Crippen molar-refractivity contribution in [3.05, 3.63) is 11.8 Å². The normalized spacial score (nSPS) is 19.4. The van der Waals surface area contributed by atoms with Crippen LogP contribution in [-0.4, -0.2) is 53.1 Å². The average molecular weight is 266 g/mol. The molecule has 2 aliphatic rings. The van der Waals surface area contributed by atoms with E-state index in [4.69, 9.17) is 5.11 Å². The first kappa shape index (κ1) is 14.5. The van der Waals surface area contributed by atoms with Crippen LogP contribution in [0.3, 0.4) is 0 Å². The summed E-state index contributed by atoms with van der Waals surface area (Å²) in [6, 6.07) is 0.523. The predicted octanol–water partition coefficient (Wildman–Crippen LogP) is 1.75. The zero-order chi connectivity index (χ0) is 13.7. The summed E-state index contributed by atoms with van der Waals surface area (Å²) < 4.78 is 0. The van der Waals surface area contributed by atoms with Crippen molar-refractivity contribution in [1.82, 2.24) is 9.80 Å². The second kappa shape index (κ2) is 7.06. The van der Waals surface area contributed by atoms with E-state index in [9.17, 15) is 4.79 Å². The van der Waals surface area contributed by atoms with Gasteiger partial charge in [-0.15, -0.1) is 0 Å². The first-order valence-corrected chi connectivity index (χ1v) is 7.60. The van der Waals surface area contributed by atoms with Crippen LogP contribution in [0, 0.1) is 0 Å². The maximum Gasteiger partial charge on any atom is 0.240 e. The Morgan fingerprint density at radius 2 is 2.21 bits per heavy atom. The molecule has 0 aliphatic heterocycles. The van der Waals surface area contributed by atoms with Crippen molar-refractivity contribution in [3.8, 4) is 0 Å². The minimum absolute atomic E-state index is 0.138. The molecule has 19 heavy (non-hydrogen) atoms. The molecule has 0 spiro atoms. The molecular weight excluding hydrogens is 240 g/mol. The molecule has 4 nitrogen and oxygen atoms in total. The summed E-state index contributed by atoms with van der Waals surface area (Å²) in [7, 11) is 0. The lowest BCUT2D eigenvalue weighted by Crippen LogP contribution is -2.42. The number of nitrogens with zero attached hydrogens (tertiary/aromatic N) is 2. The van der Waals surface area contributed by atoms with E-state index >= 15 is 0 Å². The number of amides is 1. The third-order valence-electron chi connectivity index (χ3n) is 4.02. The molecule has 0 bridgehead atoms. The number of carbonyl (C=O) groups excluding carboxylic acids is 1. The molecule has 0 saturated heterocycles. The van der Waals surface area contributed by atoms with E-state index in [1.54, 1.807) is 0 Å². The Bertz CT molecular complexity index is 337. The Kier molecular flexibility index (Phi) is 5.40. The Labute approximate surface area is 116 Å². The number of allylic oxidation sites excluding steroid dienone is 2.